The van der Waals surface area contributed by atoms with Gasteiger partial charge in [0.05, 0.1) is 17.8 Å². The first kappa shape index (κ1) is 29.2. The van der Waals surface area contributed by atoms with E-state index in [0.717, 1.165) is 64.0 Å². The zero-order valence-electron chi connectivity index (χ0n) is 23.6. The van der Waals surface area contributed by atoms with Gasteiger partial charge in [0.2, 0.25) is 0 Å². The molecule has 1 fully saturated rings. The molecule has 208 valence electrons. The van der Waals surface area contributed by atoms with E-state index in [4.69, 9.17) is 14.5 Å². The summed E-state index contributed by atoms with van der Waals surface area (Å²) in [5, 5.41) is 6.33. The van der Waals surface area contributed by atoms with Gasteiger partial charge in [0, 0.05) is 38.9 Å². The largest absolute Gasteiger partial charge is 0.444 e. The molecule has 0 unspecified atom stereocenters. The van der Waals surface area contributed by atoms with Crippen molar-refractivity contribution in [3.05, 3.63) is 29.6 Å². The highest BCUT2D eigenvalue weighted by Gasteiger charge is 2.34. The molecule has 2 heterocycles. The Balaban J connectivity index is 1.67. The van der Waals surface area contributed by atoms with E-state index in [0.29, 0.717) is 13.1 Å². The monoisotopic (exact) mass is 517 g/mol. The fraction of sp³-hybridized carbons (Fsp3) is 0.750. The van der Waals surface area contributed by atoms with Gasteiger partial charge in [-0.2, -0.15) is 0 Å². The Morgan fingerprint density at radius 3 is 2.65 bits per heavy atom. The molecule has 37 heavy (non-hydrogen) atoms. The first-order chi connectivity index (χ1) is 17.4. The Kier molecular flexibility index (Phi) is 10.2. The Morgan fingerprint density at radius 2 is 1.92 bits per heavy atom. The number of nitrogens with zero attached hydrogens (tertiary/aromatic N) is 3. The van der Waals surface area contributed by atoms with Crippen LogP contribution in [0.4, 0.5) is 9.59 Å². The zero-order valence-corrected chi connectivity index (χ0v) is 23.6. The van der Waals surface area contributed by atoms with E-state index >= 15 is 0 Å². The summed E-state index contributed by atoms with van der Waals surface area (Å²) in [5.41, 5.74) is 1.45. The summed E-state index contributed by atoms with van der Waals surface area (Å²) in [5.74, 6) is 0. The van der Waals surface area contributed by atoms with E-state index in [9.17, 15) is 9.59 Å². The van der Waals surface area contributed by atoms with Gasteiger partial charge in [0.15, 0.2) is 0 Å². The van der Waals surface area contributed by atoms with Gasteiger partial charge >= 0.3 is 12.2 Å². The lowest BCUT2D eigenvalue weighted by molar-refractivity contribution is 0.00458. The van der Waals surface area contributed by atoms with Crippen molar-refractivity contribution in [3.63, 3.8) is 0 Å². The molecular formula is C28H47N5O4. The molecule has 0 bridgehead atoms. The number of fused-ring (bicyclic) bond motifs is 1. The molecule has 1 saturated heterocycles. The van der Waals surface area contributed by atoms with Crippen LogP contribution in [0, 0.1) is 0 Å². The number of pyridine rings is 1. The minimum absolute atomic E-state index is 0.0116. The van der Waals surface area contributed by atoms with Crippen molar-refractivity contribution >= 4 is 12.2 Å². The van der Waals surface area contributed by atoms with E-state index < -0.39 is 11.2 Å². The lowest BCUT2D eigenvalue weighted by Gasteiger charge is -2.42. The minimum atomic E-state index is -0.528. The van der Waals surface area contributed by atoms with Crippen molar-refractivity contribution in [2.75, 3.05) is 39.3 Å². The Morgan fingerprint density at radius 1 is 1.16 bits per heavy atom. The predicted octanol–water partition coefficient (Wildman–Crippen LogP) is 4.27. The van der Waals surface area contributed by atoms with Crippen LogP contribution in [0.3, 0.4) is 0 Å². The number of carbonyl (C=O) groups excluding carboxylic acids is 2. The summed E-state index contributed by atoms with van der Waals surface area (Å²) in [6.45, 7) is 15.6. The summed E-state index contributed by atoms with van der Waals surface area (Å²) in [4.78, 5) is 34.2. The summed E-state index contributed by atoms with van der Waals surface area (Å²) in [6.07, 6.45) is 6.25. The number of rotatable bonds is 8. The molecule has 9 nitrogen and oxygen atoms in total. The summed E-state index contributed by atoms with van der Waals surface area (Å²) in [7, 11) is 0. The second-order valence-electron chi connectivity index (χ2n) is 12.1. The number of piperazine rings is 1. The second kappa shape index (κ2) is 12.9. The van der Waals surface area contributed by atoms with E-state index in [-0.39, 0.29) is 24.3 Å². The number of aryl methyl sites for hydroxylation is 1. The molecule has 2 N–H and O–H groups in total. The smallest absolute Gasteiger partial charge is 0.410 e. The average molecular weight is 518 g/mol. The third-order valence-corrected chi connectivity index (χ3v) is 6.57. The quantitative estimate of drug-likeness (QED) is 0.497. The van der Waals surface area contributed by atoms with Gasteiger partial charge in [-0.05, 0) is 91.8 Å². The van der Waals surface area contributed by atoms with E-state index in [2.05, 4.69) is 21.6 Å². The van der Waals surface area contributed by atoms with Gasteiger partial charge in [0.1, 0.15) is 11.2 Å². The zero-order chi connectivity index (χ0) is 27.1. The molecule has 1 aliphatic carbocycles. The van der Waals surface area contributed by atoms with Crippen molar-refractivity contribution < 1.29 is 19.1 Å². The van der Waals surface area contributed by atoms with Crippen LogP contribution in [0.1, 0.15) is 84.5 Å². The maximum atomic E-state index is 13.0. The third-order valence-electron chi connectivity index (χ3n) is 6.57. The minimum Gasteiger partial charge on any atom is -0.444 e. The first-order valence-corrected chi connectivity index (χ1v) is 13.8. The van der Waals surface area contributed by atoms with Gasteiger partial charge in [-0.15, -0.1) is 0 Å². The molecule has 2 aliphatic rings. The summed E-state index contributed by atoms with van der Waals surface area (Å²) in [6, 6.07) is 4.43. The lowest BCUT2D eigenvalue weighted by Crippen LogP contribution is -2.58. The molecule has 9 heteroatoms. The normalized spacial score (nSPS) is 20.4. The lowest BCUT2D eigenvalue weighted by atomic mass is 9.90. The number of unbranched alkanes of at least 4 members (excludes halogenated alkanes) is 1. The SMILES string of the molecule is CC(C)(C)OC(=O)NCCCCN(C[C@H]1CNCCN1C(=O)OC(C)(C)C)[C@H]1CCCc2cccnc21. The Hall–Kier alpha value is -2.39. The molecule has 1 aromatic rings. The van der Waals surface area contributed by atoms with Crippen LogP contribution in [-0.2, 0) is 15.9 Å². The predicted molar refractivity (Wildman–Crippen MR) is 145 cm³/mol. The molecule has 0 radical (unpaired) electrons. The topological polar surface area (TPSA) is 96.0 Å². The van der Waals surface area contributed by atoms with Gasteiger partial charge in [-0.1, -0.05) is 6.07 Å². The van der Waals surface area contributed by atoms with Gasteiger partial charge in [-0.25, -0.2) is 9.59 Å². The van der Waals surface area contributed by atoms with E-state index in [1.165, 1.54) is 5.56 Å². The Bertz CT molecular complexity index is 895. The van der Waals surface area contributed by atoms with Crippen LogP contribution in [0.25, 0.3) is 0 Å². The van der Waals surface area contributed by atoms with Crippen LogP contribution in [0.15, 0.2) is 18.3 Å². The van der Waals surface area contributed by atoms with Crippen LogP contribution in [0.2, 0.25) is 0 Å². The number of hydrogen-bond donors (Lipinski definition) is 2. The maximum absolute atomic E-state index is 13.0. The number of hydrogen-bond acceptors (Lipinski definition) is 7. The molecule has 0 aromatic carbocycles. The molecule has 1 aliphatic heterocycles. The molecule has 3 rings (SSSR count). The summed E-state index contributed by atoms with van der Waals surface area (Å²) < 4.78 is 11.1. The first-order valence-electron chi connectivity index (χ1n) is 13.8. The number of alkyl carbamates (subject to hydrolysis) is 1. The number of amides is 2. The Labute approximate surface area is 222 Å². The maximum Gasteiger partial charge on any atom is 0.410 e. The van der Waals surface area contributed by atoms with Crippen molar-refractivity contribution in [1.29, 1.82) is 0 Å². The number of carbonyl (C=O) groups is 2. The second-order valence-corrected chi connectivity index (χ2v) is 12.1. The van der Waals surface area contributed by atoms with Crippen molar-refractivity contribution in [1.82, 2.24) is 25.4 Å². The van der Waals surface area contributed by atoms with Crippen molar-refractivity contribution in [2.24, 2.45) is 0 Å². The molecular weight excluding hydrogens is 470 g/mol. The summed E-state index contributed by atoms with van der Waals surface area (Å²) >= 11 is 0. The van der Waals surface area contributed by atoms with Crippen molar-refractivity contribution in [3.8, 4) is 0 Å². The number of nitrogens with one attached hydrogen (secondary N) is 2. The van der Waals surface area contributed by atoms with E-state index in [1.807, 2.05) is 58.7 Å². The molecule has 2 atom stereocenters. The highest BCUT2D eigenvalue weighted by Crippen LogP contribution is 2.33. The van der Waals surface area contributed by atoms with Crippen LogP contribution >= 0.6 is 0 Å². The van der Waals surface area contributed by atoms with Gasteiger partial charge < -0.3 is 25.0 Å². The van der Waals surface area contributed by atoms with Crippen LogP contribution in [0.5, 0.6) is 0 Å². The fourth-order valence-corrected chi connectivity index (χ4v) is 5.01. The highest BCUT2D eigenvalue weighted by molar-refractivity contribution is 5.69. The van der Waals surface area contributed by atoms with Gasteiger partial charge in [0.25, 0.3) is 0 Å². The number of ether oxygens (including phenoxy) is 2. The third kappa shape index (κ3) is 9.45. The molecule has 2 amide bonds. The average Bonchev–Trinajstić information content (AvgIpc) is 2.81. The molecule has 1 aromatic heterocycles. The fourth-order valence-electron chi connectivity index (χ4n) is 5.01. The molecule has 0 saturated carbocycles. The van der Waals surface area contributed by atoms with E-state index in [1.54, 1.807) is 0 Å². The standard InChI is InChI=1S/C28H47N5O4/c1-27(2,3)36-25(34)31-14-7-8-17-32(23-13-9-11-21-12-10-15-30-24(21)23)20-22-19-29-16-18-33(22)26(35)37-28(4,5)6/h10,12,15,22-23,29H,7-9,11,13-14,16-20H2,1-6H3,(H,31,34)/t22-,23+/m1/s1. The van der Waals surface area contributed by atoms with Gasteiger partial charge in [-0.3, -0.25) is 9.88 Å². The number of aromatic nitrogens is 1. The van der Waals surface area contributed by atoms with Crippen molar-refractivity contribution in [2.45, 2.75) is 96.9 Å². The van der Waals surface area contributed by atoms with Crippen LogP contribution < -0.4 is 10.6 Å². The molecule has 0 spiro atoms. The van der Waals surface area contributed by atoms with Crippen LogP contribution in [-0.4, -0.2) is 83.5 Å². The highest BCUT2D eigenvalue weighted by atomic mass is 16.6.